The van der Waals surface area contributed by atoms with Crippen LogP contribution in [0.1, 0.15) is 0 Å². The second-order valence-electron chi connectivity index (χ2n) is 1.69. The Bertz CT molecular complexity index is 274. The topological polar surface area (TPSA) is 139 Å². The van der Waals surface area contributed by atoms with Gasteiger partial charge in [0.15, 0.2) is 0 Å². The lowest BCUT2D eigenvalue weighted by molar-refractivity contribution is 0.323. The average Bonchev–Trinajstić information content (AvgIpc) is 2.04. The molecule has 9 nitrogen and oxygen atoms in total. The van der Waals surface area contributed by atoms with Gasteiger partial charge in [-0.25, -0.2) is 0 Å². The fraction of sp³-hybridized carbons (Fsp3) is 1.00. The lowest BCUT2D eigenvalue weighted by Crippen LogP contribution is -1.96. The van der Waals surface area contributed by atoms with Gasteiger partial charge in [-0.15, -0.1) is 0 Å². The van der Waals surface area contributed by atoms with Crippen LogP contribution < -0.4 is 5.32 Å². The van der Waals surface area contributed by atoms with E-state index in [1.165, 1.54) is 0 Å². The summed E-state index contributed by atoms with van der Waals surface area (Å²) in [6.07, 6.45) is 0. The minimum Gasteiger partial charge on any atom is -0.323 e. The number of rotatable bonds is 2. The molecule has 0 aliphatic rings. The molecule has 0 aromatic heterocycles. The summed E-state index contributed by atoms with van der Waals surface area (Å²) < 4.78 is 59.4. The molecule has 0 aliphatic carbocycles. The number of nitrogens with one attached hydrogen (secondary N) is 1. The molecule has 0 spiro atoms. The molecule has 96 valence electrons. The predicted octanol–water partition coefficient (Wildman–Crippen LogP) is -1.29. The first-order valence-corrected chi connectivity index (χ1v) is 5.91. The highest BCUT2D eigenvalue weighted by Crippen LogP contribution is 1.75. The van der Waals surface area contributed by atoms with Crippen molar-refractivity contribution in [1.29, 1.82) is 0 Å². The number of hydrogen-bond acceptors (Lipinski definition) is 7. The Morgan fingerprint density at radius 2 is 0.933 bits per heavy atom. The van der Waals surface area contributed by atoms with E-state index in [2.05, 4.69) is 13.7 Å². The van der Waals surface area contributed by atoms with Crippen LogP contribution in [0.4, 0.5) is 0 Å². The van der Waals surface area contributed by atoms with E-state index in [1.807, 2.05) is 14.1 Å². The highest BCUT2D eigenvalue weighted by atomic mass is 32.3. The molecule has 11 heteroatoms. The molecule has 0 radical (unpaired) electrons. The van der Waals surface area contributed by atoms with Gasteiger partial charge in [-0.3, -0.25) is 17.5 Å². The van der Waals surface area contributed by atoms with Gasteiger partial charge in [0.2, 0.25) is 0 Å². The second kappa shape index (κ2) is 10.2. The van der Waals surface area contributed by atoms with Gasteiger partial charge in [0.25, 0.3) is 0 Å². The van der Waals surface area contributed by atoms with Gasteiger partial charge in [0.1, 0.15) is 0 Å². The summed E-state index contributed by atoms with van der Waals surface area (Å²) in [6.45, 7) is 0. The maximum atomic E-state index is 9.33. The highest BCUT2D eigenvalue weighted by Gasteiger charge is 1.94. The third-order valence-corrected chi connectivity index (χ3v) is 1.26. The predicted molar refractivity (Wildman–Crippen MR) is 52.1 cm³/mol. The zero-order valence-electron chi connectivity index (χ0n) is 8.66. The van der Waals surface area contributed by atoms with Gasteiger partial charge < -0.3 is 5.32 Å². The smallest absolute Gasteiger partial charge is 0.323 e. The van der Waals surface area contributed by atoms with Crippen LogP contribution in [0.3, 0.4) is 0 Å². The third kappa shape index (κ3) is 57.7. The van der Waals surface area contributed by atoms with Crippen LogP contribution in [-0.4, -0.2) is 54.3 Å². The molecular formula is C4H15NO8S2. The molecule has 0 fully saturated rings. The summed E-state index contributed by atoms with van der Waals surface area (Å²) >= 11 is 0. The molecule has 0 unspecified atom stereocenters. The molecular weight excluding hydrogens is 254 g/mol. The molecule has 0 heterocycles. The molecule has 0 saturated carbocycles. The van der Waals surface area contributed by atoms with Gasteiger partial charge >= 0.3 is 20.8 Å². The summed E-state index contributed by atoms with van der Waals surface area (Å²) in [5.74, 6) is 0. The largest absolute Gasteiger partial charge is 0.397 e. The molecule has 0 rings (SSSR count). The second-order valence-corrected chi connectivity index (χ2v) is 4.07. The zero-order chi connectivity index (χ0) is 13.1. The van der Waals surface area contributed by atoms with E-state index in [0.29, 0.717) is 0 Å². The van der Waals surface area contributed by atoms with Crippen molar-refractivity contribution >= 4 is 20.8 Å². The molecule has 15 heavy (non-hydrogen) atoms. The van der Waals surface area contributed by atoms with Crippen LogP contribution in [0.25, 0.3) is 0 Å². The van der Waals surface area contributed by atoms with Crippen LogP contribution in [-0.2, 0) is 29.2 Å². The number of hydrogen-bond donors (Lipinski definition) is 3. The van der Waals surface area contributed by atoms with Crippen molar-refractivity contribution < 1.29 is 34.3 Å². The Balaban J connectivity index is -0.000000153. The Morgan fingerprint density at radius 1 is 0.867 bits per heavy atom. The van der Waals surface area contributed by atoms with E-state index < -0.39 is 20.8 Å². The van der Waals surface area contributed by atoms with E-state index in [9.17, 15) is 16.8 Å². The first kappa shape index (κ1) is 20.2. The monoisotopic (exact) mass is 269 g/mol. The van der Waals surface area contributed by atoms with Crippen LogP contribution in [0.2, 0.25) is 0 Å². The molecule has 0 amide bonds. The van der Waals surface area contributed by atoms with E-state index in [0.717, 1.165) is 14.2 Å². The van der Waals surface area contributed by atoms with E-state index in [1.54, 1.807) is 0 Å². The van der Waals surface area contributed by atoms with Gasteiger partial charge in [-0.2, -0.15) is 16.8 Å². The van der Waals surface area contributed by atoms with E-state index in [4.69, 9.17) is 9.11 Å². The summed E-state index contributed by atoms with van der Waals surface area (Å²) in [5.41, 5.74) is 0. The highest BCUT2D eigenvalue weighted by molar-refractivity contribution is 7.81. The first-order valence-electron chi connectivity index (χ1n) is 3.18. The van der Waals surface area contributed by atoms with Crippen molar-refractivity contribution in [2.45, 2.75) is 0 Å². The van der Waals surface area contributed by atoms with E-state index >= 15 is 0 Å². The molecule has 0 atom stereocenters. The minimum atomic E-state index is -4.16. The van der Waals surface area contributed by atoms with Crippen LogP contribution in [0.5, 0.6) is 0 Å². The quantitative estimate of drug-likeness (QED) is 0.522. The van der Waals surface area contributed by atoms with Crippen molar-refractivity contribution in [3.63, 3.8) is 0 Å². The maximum absolute atomic E-state index is 9.33. The van der Waals surface area contributed by atoms with Crippen molar-refractivity contribution in [2.24, 2.45) is 0 Å². The SMILES string of the molecule is CNC.COS(=O)(=O)O.COS(=O)(=O)O. The molecule has 0 aromatic rings. The van der Waals surface area contributed by atoms with Crippen molar-refractivity contribution in [1.82, 2.24) is 5.32 Å². The lowest BCUT2D eigenvalue weighted by Gasteiger charge is -1.82. The van der Waals surface area contributed by atoms with Crippen molar-refractivity contribution in [3.8, 4) is 0 Å². The normalized spacial score (nSPS) is 10.5. The summed E-state index contributed by atoms with van der Waals surface area (Å²) in [4.78, 5) is 0. The van der Waals surface area contributed by atoms with E-state index in [-0.39, 0.29) is 0 Å². The molecule has 0 aliphatic heterocycles. The third-order valence-electron chi connectivity index (χ3n) is 0.421. The van der Waals surface area contributed by atoms with Crippen molar-refractivity contribution in [3.05, 3.63) is 0 Å². The summed E-state index contributed by atoms with van der Waals surface area (Å²) in [7, 11) is -2.83. The Labute approximate surface area is 89.3 Å². The fourth-order valence-electron chi connectivity index (χ4n) is 0. The fourth-order valence-corrected chi connectivity index (χ4v) is 0. The summed E-state index contributed by atoms with van der Waals surface area (Å²) in [6, 6.07) is 0. The maximum Gasteiger partial charge on any atom is 0.397 e. The lowest BCUT2D eigenvalue weighted by atomic mass is 11.3. The molecule has 0 bridgehead atoms. The molecule has 3 N–H and O–H groups in total. The minimum absolute atomic E-state index is 0.870. The average molecular weight is 269 g/mol. The summed E-state index contributed by atoms with van der Waals surface area (Å²) in [5, 5.41) is 2.75. The Kier molecular flexibility index (Phi) is 13.7. The Morgan fingerprint density at radius 3 is 0.933 bits per heavy atom. The van der Waals surface area contributed by atoms with Crippen LogP contribution in [0, 0.1) is 0 Å². The van der Waals surface area contributed by atoms with Gasteiger partial charge in [0.05, 0.1) is 14.2 Å². The zero-order valence-corrected chi connectivity index (χ0v) is 10.3. The van der Waals surface area contributed by atoms with Crippen LogP contribution in [0.15, 0.2) is 0 Å². The van der Waals surface area contributed by atoms with Gasteiger partial charge in [-0.05, 0) is 14.1 Å². The van der Waals surface area contributed by atoms with Crippen molar-refractivity contribution in [2.75, 3.05) is 28.3 Å². The van der Waals surface area contributed by atoms with Gasteiger partial charge in [0, 0.05) is 0 Å². The van der Waals surface area contributed by atoms with Crippen LogP contribution >= 0.6 is 0 Å². The Hall–Kier alpha value is -0.300. The molecule has 0 aromatic carbocycles. The van der Waals surface area contributed by atoms with Gasteiger partial charge in [-0.1, -0.05) is 0 Å². The molecule has 0 saturated heterocycles. The standard InChI is InChI=1S/C2H7N.2CH4O4S/c1-3-2;2*1-5-6(2,3)4/h3H,1-2H3;2*1H3,(H,2,3,4). The first-order chi connectivity index (χ1) is 6.54.